The van der Waals surface area contributed by atoms with Crippen molar-refractivity contribution in [1.82, 2.24) is 0 Å². The van der Waals surface area contributed by atoms with E-state index in [1.165, 1.54) is 0 Å². The van der Waals surface area contributed by atoms with Gasteiger partial charge in [-0.2, -0.15) is 0 Å². The number of carboxylic acids is 1. The number of hydrogen-bond donors (Lipinski definition) is 2. The fourth-order valence-electron chi connectivity index (χ4n) is 0.863. The molecule has 1 unspecified atom stereocenters. The molecule has 2 N–H and O–H groups in total. The standard InChI is InChI=1S/C9H9BrFNO2/c10-6-1-3-7(4-2-6)12-5-8(11)9(13)14/h1-4,8,12H,5H2,(H,13,14). The van der Waals surface area contributed by atoms with Crippen molar-refractivity contribution < 1.29 is 14.3 Å². The molecule has 0 spiro atoms. The van der Waals surface area contributed by atoms with Gasteiger partial charge in [0.2, 0.25) is 6.17 Å². The van der Waals surface area contributed by atoms with Crippen LogP contribution in [0, 0.1) is 0 Å². The molecule has 76 valence electrons. The Morgan fingerprint density at radius 3 is 2.57 bits per heavy atom. The molecular weight excluding hydrogens is 253 g/mol. The summed E-state index contributed by atoms with van der Waals surface area (Å²) < 4.78 is 13.5. The van der Waals surface area contributed by atoms with E-state index in [0.29, 0.717) is 5.69 Å². The van der Waals surface area contributed by atoms with Gasteiger partial charge in [0.1, 0.15) is 0 Å². The van der Waals surface area contributed by atoms with Crippen LogP contribution in [0.2, 0.25) is 0 Å². The molecule has 0 heterocycles. The summed E-state index contributed by atoms with van der Waals surface area (Å²) in [6.07, 6.45) is -1.88. The summed E-state index contributed by atoms with van der Waals surface area (Å²) in [6.45, 7) is -0.225. The van der Waals surface area contributed by atoms with Crippen LogP contribution in [0.4, 0.5) is 10.1 Å². The molecule has 0 saturated carbocycles. The summed E-state index contributed by atoms with van der Waals surface area (Å²) in [5.41, 5.74) is 0.692. The first-order valence-electron chi connectivity index (χ1n) is 3.96. The van der Waals surface area contributed by atoms with Gasteiger partial charge in [-0.3, -0.25) is 0 Å². The quantitative estimate of drug-likeness (QED) is 0.875. The third-order valence-electron chi connectivity index (χ3n) is 1.60. The number of anilines is 1. The molecule has 0 radical (unpaired) electrons. The van der Waals surface area contributed by atoms with Gasteiger partial charge in [-0.15, -0.1) is 0 Å². The minimum absolute atomic E-state index is 0.225. The first kappa shape index (κ1) is 11.0. The maximum atomic E-state index is 12.6. The molecule has 0 saturated heterocycles. The molecule has 1 rings (SSSR count). The maximum Gasteiger partial charge on any atom is 0.340 e. The van der Waals surface area contributed by atoms with E-state index in [0.717, 1.165) is 4.47 Å². The molecule has 0 fully saturated rings. The number of carboxylic acid groups (broad SMARTS) is 1. The number of benzene rings is 1. The van der Waals surface area contributed by atoms with Gasteiger partial charge in [0.05, 0.1) is 6.54 Å². The number of halogens is 2. The molecule has 0 aliphatic rings. The monoisotopic (exact) mass is 261 g/mol. The first-order valence-corrected chi connectivity index (χ1v) is 4.75. The fraction of sp³-hybridized carbons (Fsp3) is 0.222. The Morgan fingerprint density at radius 2 is 2.07 bits per heavy atom. The van der Waals surface area contributed by atoms with E-state index in [1.54, 1.807) is 24.3 Å². The zero-order valence-corrected chi connectivity index (χ0v) is 8.79. The van der Waals surface area contributed by atoms with Crippen molar-refractivity contribution in [1.29, 1.82) is 0 Å². The molecule has 14 heavy (non-hydrogen) atoms. The van der Waals surface area contributed by atoms with Crippen molar-refractivity contribution in [2.45, 2.75) is 6.17 Å². The first-order chi connectivity index (χ1) is 6.59. The smallest absolute Gasteiger partial charge is 0.340 e. The highest BCUT2D eigenvalue weighted by molar-refractivity contribution is 9.10. The lowest BCUT2D eigenvalue weighted by Gasteiger charge is -2.06. The van der Waals surface area contributed by atoms with Crippen LogP contribution in [-0.2, 0) is 4.79 Å². The van der Waals surface area contributed by atoms with Gasteiger partial charge in [-0.1, -0.05) is 15.9 Å². The molecule has 0 bridgehead atoms. The summed E-state index contributed by atoms with van der Waals surface area (Å²) in [5, 5.41) is 11.0. The topological polar surface area (TPSA) is 49.3 Å². The van der Waals surface area contributed by atoms with E-state index < -0.39 is 12.1 Å². The SMILES string of the molecule is O=C(O)C(F)CNc1ccc(Br)cc1. The van der Waals surface area contributed by atoms with Crippen molar-refractivity contribution in [2.75, 3.05) is 11.9 Å². The summed E-state index contributed by atoms with van der Waals surface area (Å²) in [5.74, 6) is -1.45. The number of aliphatic carboxylic acids is 1. The van der Waals surface area contributed by atoms with Gasteiger partial charge in [-0.05, 0) is 24.3 Å². The molecule has 5 heteroatoms. The third-order valence-corrected chi connectivity index (χ3v) is 2.13. The molecular formula is C9H9BrFNO2. The lowest BCUT2D eigenvalue weighted by molar-refractivity contribution is -0.142. The van der Waals surface area contributed by atoms with Gasteiger partial charge in [-0.25, -0.2) is 9.18 Å². The second kappa shape index (κ2) is 4.95. The van der Waals surface area contributed by atoms with Crippen LogP contribution in [0.3, 0.4) is 0 Å². The average Bonchev–Trinajstić information content (AvgIpc) is 2.16. The second-order valence-corrected chi connectivity index (χ2v) is 3.61. The van der Waals surface area contributed by atoms with E-state index >= 15 is 0 Å². The van der Waals surface area contributed by atoms with Crippen LogP contribution in [0.1, 0.15) is 0 Å². The van der Waals surface area contributed by atoms with Gasteiger partial charge >= 0.3 is 5.97 Å². The molecule has 0 aliphatic heterocycles. The highest BCUT2D eigenvalue weighted by atomic mass is 79.9. The fourth-order valence-corrected chi connectivity index (χ4v) is 1.13. The van der Waals surface area contributed by atoms with Crippen molar-refractivity contribution >= 4 is 27.6 Å². The minimum Gasteiger partial charge on any atom is -0.479 e. The maximum absolute atomic E-state index is 12.6. The number of rotatable bonds is 4. The molecule has 0 aliphatic carbocycles. The van der Waals surface area contributed by atoms with Crippen LogP contribution in [-0.4, -0.2) is 23.8 Å². The summed E-state index contributed by atoms with van der Waals surface area (Å²) in [4.78, 5) is 10.2. The molecule has 1 aromatic rings. The summed E-state index contributed by atoms with van der Waals surface area (Å²) in [6, 6.07) is 7.05. The third kappa shape index (κ3) is 3.33. The highest BCUT2D eigenvalue weighted by Gasteiger charge is 2.14. The van der Waals surface area contributed by atoms with Crippen LogP contribution in [0.25, 0.3) is 0 Å². The Kier molecular flexibility index (Phi) is 3.88. The number of carbonyl (C=O) groups is 1. The van der Waals surface area contributed by atoms with Gasteiger partial charge < -0.3 is 10.4 Å². The number of alkyl halides is 1. The van der Waals surface area contributed by atoms with Crippen LogP contribution in [0.5, 0.6) is 0 Å². The minimum atomic E-state index is -1.88. The van der Waals surface area contributed by atoms with Crippen molar-refractivity contribution in [3.63, 3.8) is 0 Å². The molecule has 1 atom stereocenters. The van der Waals surface area contributed by atoms with Crippen molar-refractivity contribution in [3.8, 4) is 0 Å². The lowest BCUT2D eigenvalue weighted by Crippen LogP contribution is -2.23. The van der Waals surface area contributed by atoms with Crippen LogP contribution >= 0.6 is 15.9 Å². The van der Waals surface area contributed by atoms with Crippen molar-refractivity contribution in [3.05, 3.63) is 28.7 Å². The molecule has 3 nitrogen and oxygen atoms in total. The number of nitrogens with one attached hydrogen (secondary N) is 1. The highest BCUT2D eigenvalue weighted by Crippen LogP contribution is 2.14. The van der Waals surface area contributed by atoms with E-state index in [4.69, 9.17) is 5.11 Å². The zero-order chi connectivity index (χ0) is 10.6. The Labute approximate surface area is 89.1 Å². The van der Waals surface area contributed by atoms with E-state index in [2.05, 4.69) is 21.2 Å². The Morgan fingerprint density at radius 1 is 1.50 bits per heavy atom. The predicted octanol–water partition coefficient (Wildman–Crippen LogP) is 2.28. The lowest BCUT2D eigenvalue weighted by atomic mass is 10.3. The Bertz CT molecular complexity index is 315. The van der Waals surface area contributed by atoms with Crippen LogP contribution < -0.4 is 5.32 Å². The van der Waals surface area contributed by atoms with Gasteiger partial charge in [0.25, 0.3) is 0 Å². The summed E-state index contributed by atoms with van der Waals surface area (Å²) >= 11 is 3.25. The molecule has 0 aromatic heterocycles. The van der Waals surface area contributed by atoms with E-state index in [-0.39, 0.29) is 6.54 Å². The molecule has 0 amide bonds. The largest absolute Gasteiger partial charge is 0.479 e. The Balaban J connectivity index is 2.46. The average molecular weight is 262 g/mol. The summed E-state index contributed by atoms with van der Waals surface area (Å²) in [7, 11) is 0. The predicted molar refractivity (Wildman–Crippen MR) is 55.2 cm³/mol. The van der Waals surface area contributed by atoms with Crippen molar-refractivity contribution in [2.24, 2.45) is 0 Å². The van der Waals surface area contributed by atoms with E-state index in [9.17, 15) is 9.18 Å². The normalized spacial score (nSPS) is 12.1. The van der Waals surface area contributed by atoms with Gasteiger partial charge in [0.15, 0.2) is 0 Å². The Hall–Kier alpha value is -1.10. The van der Waals surface area contributed by atoms with Gasteiger partial charge in [0, 0.05) is 10.2 Å². The second-order valence-electron chi connectivity index (χ2n) is 2.69. The molecule has 1 aromatic carbocycles. The van der Waals surface area contributed by atoms with Crippen LogP contribution in [0.15, 0.2) is 28.7 Å². The van der Waals surface area contributed by atoms with E-state index in [1.807, 2.05) is 0 Å². The zero-order valence-electron chi connectivity index (χ0n) is 7.21. The number of hydrogen-bond acceptors (Lipinski definition) is 2.